The van der Waals surface area contributed by atoms with Gasteiger partial charge in [0.05, 0.1) is 0 Å². The maximum absolute atomic E-state index is 12.5. The number of nitrogens with zero attached hydrogens (tertiary/aromatic N) is 1. The van der Waals surface area contributed by atoms with Crippen molar-refractivity contribution in [2.75, 3.05) is 20.1 Å². The SMILES string of the molecule is CNC(=O)C1CCCN1C(=O)c1cccc(CCN)c1. The van der Waals surface area contributed by atoms with Crippen LogP contribution < -0.4 is 11.1 Å². The van der Waals surface area contributed by atoms with Crippen molar-refractivity contribution in [3.05, 3.63) is 35.4 Å². The van der Waals surface area contributed by atoms with E-state index in [1.54, 1.807) is 18.0 Å². The van der Waals surface area contributed by atoms with Crippen LogP contribution in [0.25, 0.3) is 0 Å². The molecule has 1 fully saturated rings. The molecule has 1 aliphatic heterocycles. The lowest BCUT2D eigenvalue weighted by atomic mass is 10.1. The number of benzene rings is 1. The van der Waals surface area contributed by atoms with Crippen LogP contribution in [0.4, 0.5) is 0 Å². The molecule has 0 spiro atoms. The molecule has 5 heteroatoms. The van der Waals surface area contributed by atoms with Crippen LogP contribution in [0.15, 0.2) is 24.3 Å². The summed E-state index contributed by atoms with van der Waals surface area (Å²) in [4.78, 5) is 26.0. The van der Waals surface area contributed by atoms with Crippen molar-refractivity contribution in [1.82, 2.24) is 10.2 Å². The van der Waals surface area contributed by atoms with E-state index in [0.717, 1.165) is 24.8 Å². The summed E-state index contributed by atoms with van der Waals surface area (Å²) in [5, 5.41) is 2.63. The first kappa shape index (κ1) is 14.5. The molecule has 20 heavy (non-hydrogen) atoms. The zero-order valence-corrected chi connectivity index (χ0v) is 11.8. The molecule has 5 nitrogen and oxygen atoms in total. The maximum Gasteiger partial charge on any atom is 0.254 e. The highest BCUT2D eigenvalue weighted by molar-refractivity contribution is 5.98. The first-order valence-electron chi connectivity index (χ1n) is 6.99. The Morgan fingerprint density at radius 2 is 2.25 bits per heavy atom. The summed E-state index contributed by atoms with van der Waals surface area (Å²) in [6.45, 7) is 1.19. The molecule has 3 N–H and O–H groups in total. The van der Waals surface area contributed by atoms with Crippen molar-refractivity contribution in [1.29, 1.82) is 0 Å². The highest BCUT2D eigenvalue weighted by atomic mass is 16.2. The van der Waals surface area contributed by atoms with Crippen molar-refractivity contribution in [2.45, 2.75) is 25.3 Å². The van der Waals surface area contributed by atoms with E-state index < -0.39 is 0 Å². The topological polar surface area (TPSA) is 75.4 Å². The summed E-state index contributed by atoms with van der Waals surface area (Å²) in [6, 6.07) is 7.15. The molecule has 1 aromatic carbocycles. The van der Waals surface area contributed by atoms with E-state index in [0.29, 0.717) is 18.7 Å². The average Bonchev–Trinajstić information content (AvgIpc) is 2.95. The van der Waals surface area contributed by atoms with Crippen molar-refractivity contribution >= 4 is 11.8 Å². The number of carbonyl (C=O) groups is 2. The molecule has 1 aliphatic rings. The molecule has 0 bridgehead atoms. The van der Waals surface area contributed by atoms with Crippen LogP contribution in [0.3, 0.4) is 0 Å². The largest absolute Gasteiger partial charge is 0.357 e. The van der Waals surface area contributed by atoms with Gasteiger partial charge >= 0.3 is 0 Å². The normalized spacial score (nSPS) is 18.1. The maximum atomic E-state index is 12.5. The number of amides is 2. The van der Waals surface area contributed by atoms with Gasteiger partial charge in [0.25, 0.3) is 5.91 Å². The van der Waals surface area contributed by atoms with E-state index in [1.165, 1.54) is 0 Å². The Kier molecular flexibility index (Phi) is 4.74. The summed E-state index contributed by atoms with van der Waals surface area (Å²) < 4.78 is 0. The monoisotopic (exact) mass is 275 g/mol. The van der Waals surface area contributed by atoms with Gasteiger partial charge in [0.2, 0.25) is 5.91 Å². The number of hydrogen-bond donors (Lipinski definition) is 2. The lowest BCUT2D eigenvalue weighted by Crippen LogP contribution is -2.44. The molecule has 2 rings (SSSR count). The Hall–Kier alpha value is -1.88. The smallest absolute Gasteiger partial charge is 0.254 e. The van der Waals surface area contributed by atoms with E-state index in [-0.39, 0.29) is 17.9 Å². The Morgan fingerprint density at radius 1 is 1.45 bits per heavy atom. The number of nitrogens with one attached hydrogen (secondary N) is 1. The number of likely N-dealkylation sites (tertiary alicyclic amines) is 1. The third-order valence-corrected chi connectivity index (χ3v) is 3.67. The minimum Gasteiger partial charge on any atom is -0.357 e. The molecule has 1 atom stereocenters. The molecule has 2 amide bonds. The highest BCUT2D eigenvalue weighted by Crippen LogP contribution is 2.20. The van der Waals surface area contributed by atoms with Crippen LogP contribution in [-0.4, -0.2) is 42.9 Å². The van der Waals surface area contributed by atoms with E-state index in [9.17, 15) is 9.59 Å². The Labute approximate surface area is 119 Å². The van der Waals surface area contributed by atoms with Crippen molar-refractivity contribution in [2.24, 2.45) is 5.73 Å². The van der Waals surface area contributed by atoms with Crippen LogP contribution in [-0.2, 0) is 11.2 Å². The van der Waals surface area contributed by atoms with Gasteiger partial charge in [0, 0.05) is 19.2 Å². The second-order valence-electron chi connectivity index (χ2n) is 5.01. The molecule has 0 aliphatic carbocycles. The van der Waals surface area contributed by atoms with Crippen LogP contribution in [0, 0.1) is 0 Å². The van der Waals surface area contributed by atoms with Crippen molar-refractivity contribution in [3.63, 3.8) is 0 Å². The fourth-order valence-corrected chi connectivity index (χ4v) is 2.64. The lowest BCUT2D eigenvalue weighted by molar-refractivity contribution is -0.124. The third-order valence-electron chi connectivity index (χ3n) is 3.67. The van der Waals surface area contributed by atoms with Gasteiger partial charge in [-0.3, -0.25) is 9.59 Å². The van der Waals surface area contributed by atoms with Gasteiger partial charge in [-0.15, -0.1) is 0 Å². The number of hydrogen-bond acceptors (Lipinski definition) is 3. The Bertz CT molecular complexity index is 502. The second kappa shape index (κ2) is 6.52. The average molecular weight is 275 g/mol. The lowest BCUT2D eigenvalue weighted by Gasteiger charge is -2.23. The fourth-order valence-electron chi connectivity index (χ4n) is 2.64. The van der Waals surface area contributed by atoms with E-state index in [2.05, 4.69) is 5.32 Å². The van der Waals surface area contributed by atoms with E-state index >= 15 is 0 Å². The standard InChI is InChI=1S/C15H21N3O2/c1-17-14(19)13-6-3-9-18(13)15(20)12-5-2-4-11(10-12)7-8-16/h2,4-5,10,13H,3,6-9,16H2,1H3,(H,17,19). The van der Waals surface area contributed by atoms with Gasteiger partial charge in [-0.1, -0.05) is 12.1 Å². The zero-order valence-electron chi connectivity index (χ0n) is 11.8. The molecule has 1 heterocycles. The molecule has 1 saturated heterocycles. The van der Waals surface area contributed by atoms with Gasteiger partial charge in [-0.25, -0.2) is 0 Å². The van der Waals surface area contributed by atoms with Gasteiger partial charge in [-0.05, 0) is 43.5 Å². The number of carbonyl (C=O) groups excluding carboxylic acids is 2. The predicted molar refractivity (Wildman–Crippen MR) is 77.3 cm³/mol. The predicted octanol–water partition coefficient (Wildman–Crippen LogP) is 0.538. The van der Waals surface area contributed by atoms with Crippen LogP contribution in [0.5, 0.6) is 0 Å². The number of likely N-dealkylation sites (N-methyl/N-ethyl adjacent to an activating group) is 1. The minimum atomic E-state index is -0.342. The fraction of sp³-hybridized carbons (Fsp3) is 0.467. The summed E-state index contributed by atoms with van der Waals surface area (Å²) in [6.07, 6.45) is 2.35. The Balaban J connectivity index is 2.17. The molecular weight excluding hydrogens is 254 g/mol. The van der Waals surface area contributed by atoms with Crippen LogP contribution >= 0.6 is 0 Å². The number of nitrogens with two attached hydrogens (primary N) is 1. The first-order valence-corrected chi connectivity index (χ1v) is 6.99. The van der Waals surface area contributed by atoms with E-state index in [1.807, 2.05) is 18.2 Å². The zero-order chi connectivity index (χ0) is 14.5. The van der Waals surface area contributed by atoms with E-state index in [4.69, 9.17) is 5.73 Å². The molecule has 0 aromatic heterocycles. The van der Waals surface area contributed by atoms with Gasteiger partial charge in [0.1, 0.15) is 6.04 Å². The summed E-state index contributed by atoms with van der Waals surface area (Å²) >= 11 is 0. The van der Waals surface area contributed by atoms with Gasteiger partial charge < -0.3 is 16.0 Å². The summed E-state index contributed by atoms with van der Waals surface area (Å²) in [5.41, 5.74) is 7.22. The molecule has 108 valence electrons. The second-order valence-corrected chi connectivity index (χ2v) is 5.01. The quantitative estimate of drug-likeness (QED) is 0.842. The first-order chi connectivity index (χ1) is 9.67. The third kappa shape index (κ3) is 2.99. The van der Waals surface area contributed by atoms with Crippen molar-refractivity contribution in [3.8, 4) is 0 Å². The molecule has 1 unspecified atom stereocenters. The molecule has 0 radical (unpaired) electrons. The van der Waals surface area contributed by atoms with Crippen molar-refractivity contribution < 1.29 is 9.59 Å². The summed E-state index contributed by atoms with van der Waals surface area (Å²) in [5.74, 6) is -0.163. The molecule has 1 aromatic rings. The highest BCUT2D eigenvalue weighted by Gasteiger charge is 2.33. The minimum absolute atomic E-state index is 0.0741. The summed E-state index contributed by atoms with van der Waals surface area (Å²) in [7, 11) is 1.60. The molecular formula is C15H21N3O2. The number of rotatable bonds is 4. The van der Waals surface area contributed by atoms with Gasteiger partial charge in [0.15, 0.2) is 0 Å². The van der Waals surface area contributed by atoms with Gasteiger partial charge in [-0.2, -0.15) is 0 Å². The van der Waals surface area contributed by atoms with Crippen LogP contribution in [0.2, 0.25) is 0 Å². The Morgan fingerprint density at radius 3 is 2.95 bits per heavy atom. The molecule has 0 saturated carbocycles. The van der Waals surface area contributed by atoms with Crippen LogP contribution in [0.1, 0.15) is 28.8 Å².